The Morgan fingerprint density at radius 2 is 1.78 bits per heavy atom. The number of ketones is 1. The second-order valence-corrected chi connectivity index (χ2v) is 10.4. The van der Waals surface area contributed by atoms with Crippen molar-refractivity contribution < 1.29 is 19.1 Å². The molecule has 1 aromatic heterocycles. The molecule has 176 valence electrons. The molecule has 1 aromatic rings. The summed E-state index contributed by atoms with van der Waals surface area (Å²) < 4.78 is 5.40. The lowest BCUT2D eigenvalue weighted by molar-refractivity contribution is 0.0147. The summed E-state index contributed by atoms with van der Waals surface area (Å²) in [5.74, 6) is -0.538. The highest BCUT2D eigenvalue weighted by Crippen LogP contribution is 2.33. The zero-order valence-corrected chi connectivity index (χ0v) is 19.7. The smallest absolute Gasteiger partial charge is 0.410 e. The first-order valence-corrected chi connectivity index (χ1v) is 11.1. The van der Waals surface area contributed by atoms with Crippen LogP contribution in [0.25, 0.3) is 0 Å². The lowest BCUT2D eigenvalue weighted by Crippen LogP contribution is -2.51. The van der Waals surface area contributed by atoms with E-state index in [9.17, 15) is 19.2 Å². The number of aromatic nitrogens is 1. The molecular weight excluding hydrogens is 412 g/mol. The van der Waals surface area contributed by atoms with Crippen molar-refractivity contribution in [1.29, 1.82) is 0 Å². The van der Waals surface area contributed by atoms with Gasteiger partial charge in [-0.15, -0.1) is 0 Å². The Bertz CT molecular complexity index is 952. The number of aromatic amines is 1. The molecule has 1 aliphatic carbocycles. The molecule has 9 nitrogen and oxygen atoms in total. The first kappa shape index (κ1) is 24.0. The Morgan fingerprint density at radius 1 is 1.12 bits per heavy atom. The predicted octanol–water partition coefficient (Wildman–Crippen LogP) is 1.81. The molecule has 0 spiro atoms. The minimum Gasteiger partial charge on any atom is -0.444 e. The van der Waals surface area contributed by atoms with Gasteiger partial charge in [-0.05, 0) is 38.7 Å². The Balaban J connectivity index is 1.50. The van der Waals surface area contributed by atoms with Gasteiger partial charge in [-0.1, -0.05) is 13.8 Å². The summed E-state index contributed by atoms with van der Waals surface area (Å²) in [5.41, 5.74) is -0.190. The lowest BCUT2D eigenvalue weighted by Gasteiger charge is -2.35. The van der Waals surface area contributed by atoms with Gasteiger partial charge in [0.15, 0.2) is 5.78 Å². The number of ether oxygens (including phenoxy) is 1. The summed E-state index contributed by atoms with van der Waals surface area (Å²) in [6, 6.07) is 1.43. The van der Waals surface area contributed by atoms with Crippen LogP contribution in [0.5, 0.6) is 0 Å². The van der Waals surface area contributed by atoms with Crippen molar-refractivity contribution >= 4 is 17.8 Å². The Hall–Kier alpha value is -2.68. The molecule has 2 N–H and O–H groups in total. The van der Waals surface area contributed by atoms with E-state index >= 15 is 0 Å². The molecule has 0 radical (unpaired) electrons. The van der Waals surface area contributed by atoms with Crippen LogP contribution in [0.1, 0.15) is 67.4 Å². The molecule has 1 saturated heterocycles. The summed E-state index contributed by atoms with van der Waals surface area (Å²) in [7, 11) is 0. The molecule has 3 rings (SSSR count). The van der Waals surface area contributed by atoms with E-state index in [0.29, 0.717) is 63.4 Å². The molecule has 0 saturated carbocycles. The molecule has 32 heavy (non-hydrogen) atoms. The van der Waals surface area contributed by atoms with Gasteiger partial charge in [0.25, 0.3) is 11.5 Å². The molecule has 2 heterocycles. The number of nitrogens with one attached hydrogen (secondary N) is 2. The van der Waals surface area contributed by atoms with Gasteiger partial charge in [0.05, 0.1) is 0 Å². The largest absolute Gasteiger partial charge is 0.444 e. The number of H-pyrrole nitrogens is 1. The van der Waals surface area contributed by atoms with E-state index in [1.165, 1.54) is 6.07 Å². The molecule has 9 heteroatoms. The number of carbonyl (C=O) groups is 3. The maximum Gasteiger partial charge on any atom is 0.410 e. The zero-order valence-electron chi connectivity index (χ0n) is 19.7. The van der Waals surface area contributed by atoms with Crippen LogP contribution < -0.4 is 10.9 Å². The van der Waals surface area contributed by atoms with Crippen LogP contribution in [0.2, 0.25) is 0 Å². The zero-order chi connectivity index (χ0) is 23.7. The third kappa shape index (κ3) is 5.97. The van der Waals surface area contributed by atoms with Crippen molar-refractivity contribution in [1.82, 2.24) is 20.1 Å². The summed E-state index contributed by atoms with van der Waals surface area (Å²) in [6.07, 6.45) is 0.679. The molecule has 1 aliphatic heterocycles. The maximum absolute atomic E-state index is 12.6. The van der Waals surface area contributed by atoms with E-state index in [4.69, 9.17) is 4.74 Å². The fourth-order valence-electron chi connectivity index (χ4n) is 4.10. The number of nitrogens with zero attached hydrogens (tertiary/aromatic N) is 2. The topological polar surface area (TPSA) is 112 Å². The fourth-order valence-corrected chi connectivity index (χ4v) is 4.10. The van der Waals surface area contributed by atoms with Gasteiger partial charge in [0.2, 0.25) is 0 Å². The van der Waals surface area contributed by atoms with E-state index in [2.05, 4.69) is 15.2 Å². The van der Waals surface area contributed by atoms with Gasteiger partial charge < -0.3 is 19.9 Å². The molecule has 2 amide bonds. The van der Waals surface area contributed by atoms with Crippen LogP contribution in [0.15, 0.2) is 10.9 Å². The SMILES string of the molecule is CC1(C)CC(=O)c2cc(C(=O)NCCN3CCN(C(=O)OC(C)(C)C)CC3)c(=O)[nH]c2C1. The van der Waals surface area contributed by atoms with Crippen molar-refractivity contribution in [2.45, 2.75) is 53.1 Å². The quantitative estimate of drug-likeness (QED) is 0.730. The highest BCUT2D eigenvalue weighted by Gasteiger charge is 2.32. The summed E-state index contributed by atoms with van der Waals surface area (Å²) in [6.45, 7) is 12.9. The summed E-state index contributed by atoms with van der Waals surface area (Å²) >= 11 is 0. The Morgan fingerprint density at radius 3 is 2.41 bits per heavy atom. The number of fused-ring (bicyclic) bond motifs is 1. The van der Waals surface area contributed by atoms with Crippen molar-refractivity contribution in [3.8, 4) is 0 Å². The normalized spacial score (nSPS) is 18.8. The third-order valence-electron chi connectivity index (χ3n) is 5.70. The van der Waals surface area contributed by atoms with Crippen LogP contribution in [0.3, 0.4) is 0 Å². The molecule has 0 unspecified atom stereocenters. The van der Waals surface area contributed by atoms with Gasteiger partial charge in [0, 0.05) is 56.9 Å². The highest BCUT2D eigenvalue weighted by molar-refractivity contribution is 6.02. The number of carbonyl (C=O) groups excluding carboxylic acids is 3. The second-order valence-electron chi connectivity index (χ2n) is 10.4. The van der Waals surface area contributed by atoms with Gasteiger partial charge >= 0.3 is 6.09 Å². The number of amides is 2. The Labute approximate surface area is 188 Å². The molecule has 0 aromatic carbocycles. The molecule has 1 fully saturated rings. The predicted molar refractivity (Wildman–Crippen MR) is 120 cm³/mol. The average molecular weight is 447 g/mol. The first-order valence-electron chi connectivity index (χ1n) is 11.1. The standard InChI is InChI=1S/C23H34N4O5/c1-22(2,3)32-21(31)27-10-8-26(9-11-27)7-6-24-19(29)16-12-15-17(25-20(16)30)13-23(4,5)14-18(15)28/h12H,6-11,13-14H2,1-5H3,(H,24,29)(H,25,30). The molecule has 2 aliphatic rings. The highest BCUT2D eigenvalue weighted by atomic mass is 16.6. The number of hydrogen-bond acceptors (Lipinski definition) is 6. The van der Waals surface area contributed by atoms with Crippen molar-refractivity contribution in [3.63, 3.8) is 0 Å². The van der Waals surface area contributed by atoms with Crippen molar-refractivity contribution in [2.24, 2.45) is 5.41 Å². The monoisotopic (exact) mass is 446 g/mol. The van der Waals surface area contributed by atoms with Crippen LogP contribution >= 0.6 is 0 Å². The number of hydrogen-bond donors (Lipinski definition) is 2. The average Bonchev–Trinajstić information content (AvgIpc) is 2.65. The summed E-state index contributed by atoms with van der Waals surface area (Å²) in [5, 5.41) is 2.77. The Kier molecular flexibility index (Phi) is 6.78. The van der Waals surface area contributed by atoms with E-state index < -0.39 is 17.1 Å². The minimum absolute atomic E-state index is 0.0356. The third-order valence-corrected chi connectivity index (χ3v) is 5.70. The van der Waals surface area contributed by atoms with E-state index in [1.807, 2.05) is 34.6 Å². The summed E-state index contributed by atoms with van der Waals surface area (Å²) in [4.78, 5) is 56.2. The van der Waals surface area contributed by atoms with Crippen LogP contribution in [-0.2, 0) is 11.2 Å². The number of rotatable bonds is 4. The van der Waals surface area contributed by atoms with E-state index in [1.54, 1.807) is 4.90 Å². The van der Waals surface area contributed by atoms with Gasteiger partial charge in [-0.3, -0.25) is 19.3 Å². The van der Waals surface area contributed by atoms with E-state index in [-0.39, 0.29) is 22.9 Å². The molecule has 0 atom stereocenters. The lowest BCUT2D eigenvalue weighted by atomic mass is 9.75. The van der Waals surface area contributed by atoms with Crippen molar-refractivity contribution in [3.05, 3.63) is 33.2 Å². The second kappa shape index (κ2) is 9.05. The fraction of sp³-hybridized carbons (Fsp3) is 0.652. The maximum atomic E-state index is 12.6. The number of pyridine rings is 1. The number of Topliss-reactive ketones (excluding diaryl/α,β-unsaturated/α-hetero) is 1. The van der Waals surface area contributed by atoms with Crippen LogP contribution in [0, 0.1) is 5.41 Å². The number of piperazine rings is 1. The minimum atomic E-state index is -0.520. The van der Waals surface area contributed by atoms with Gasteiger partial charge in [0.1, 0.15) is 11.2 Å². The molecule has 0 bridgehead atoms. The van der Waals surface area contributed by atoms with Crippen molar-refractivity contribution in [2.75, 3.05) is 39.3 Å². The van der Waals surface area contributed by atoms with Gasteiger partial charge in [-0.25, -0.2) is 4.79 Å². The first-order chi connectivity index (χ1) is 14.8. The van der Waals surface area contributed by atoms with Crippen LogP contribution in [0.4, 0.5) is 4.79 Å². The van der Waals surface area contributed by atoms with E-state index in [0.717, 1.165) is 0 Å². The molecular formula is C23H34N4O5. The van der Waals surface area contributed by atoms with Crippen LogP contribution in [-0.4, -0.2) is 77.4 Å². The van der Waals surface area contributed by atoms with Gasteiger partial charge in [-0.2, -0.15) is 0 Å².